The third kappa shape index (κ3) is 6.16. The van der Waals surface area contributed by atoms with Crippen molar-refractivity contribution in [2.45, 2.75) is 33.4 Å². The first-order valence-electron chi connectivity index (χ1n) is 12.2. The fourth-order valence-corrected chi connectivity index (χ4v) is 4.34. The lowest BCUT2D eigenvalue weighted by Gasteiger charge is -2.18. The first-order valence-corrected chi connectivity index (χ1v) is 12.6. The van der Waals surface area contributed by atoms with E-state index in [4.69, 9.17) is 22.3 Å². The second-order valence-corrected chi connectivity index (χ2v) is 10.3. The molecule has 0 radical (unpaired) electrons. The van der Waals surface area contributed by atoms with Crippen LogP contribution in [0.2, 0.25) is 5.02 Å². The number of halogens is 3. The van der Waals surface area contributed by atoms with Crippen molar-refractivity contribution in [3.05, 3.63) is 106 Å². The monoisotopic (exact) mass is 562 g/mol. The van der Waals surface area contributed by atoms with Gasteiger partial charge >= 0.3 is 0 Å². The molecule has 0 aliphatic carbocycles. The van der Waals surface area contributed by atoms with Crippen molar-refractivity contribution in [3.8, 4) is 11.3 Å². The summed E-state index contributed by atoms with van der Waals surface area (Å²) in [6, 6.07) is 15.6. The highest BCUT2D eigenvalue weighted by Crippen LogP contribution is 2.34. The summed E-state index contributed by atoms with van der Waals surface area (Å²) in [5.41, 5.74) is 8.84. The van der Waals surface area contributed by atoms with E-state index in [-0.39, 0.29) is 31.2 Å². The second-order valence-electron chi connectivity index (χ2n) is 9.89. The number of benzene rings is 3. The van der Waals surface area contributed by atoms with Crippen LogP contribution in [0, 0.1) is 11.6 Å². The standard InChI is InChI=1S/C29H25ClF2N6O.CH4/c1-29(2,33)15-36-27(39)16-6-9-19(10-7-16)37-28-35-14-17-13-34-26(24-22(31)4-3-5-23(24)32)21-12-18(30)8-11-20(21)25(17)38-28;/h3-12,14H,13,15,33H2,1-2H3,(H,36,39)(H,35,37,38);1H4. The minimum absolute atomic E-state index is 0. The van der Waals surface area contributed by atoms with Gasteiger partial charge < -0.3 is 16.4 Å². The number of carbonyl (C=O) groups is 1. The molecular formula is C30H29ClF2N6O. The summed E-state index contributed by atoms with van der Waals surface area (Å²) in [5.74, 6) is -1.36. The number of nitrogens with one attached hydrogen (secondary N) is 2. The number of anilines is 2. The van der Waals surface area contributed by atoms with Gasteiger partial charge in [0.1, 0.15) is 11.6 Å². The maximum absolute atomic E-state index is 14.7. The first-order chi connectivity index (χ1) is 18.6. The fraction of sp³-hybridized carbons (Fsp3) is 0.200. The summed E-state index contributed by atoms with van der Waals surface area (Å²) in [4.78, 5) is 26.0. The van der Waals surface area contributed by atoms with Gasteiger partial charge in [0, 0.05) is 51.2 Å². The van der Waals surface area contributed by atoms with Crippen molar-refractivity contribution in [1.82, 2.24) is 15.3 Å². The van der Waals surface area contributed by atoms with E-state index >= 15 is 0 Å². The molecule has 0 atom stereocenters. The van der Waals surface area contributed by atoms with E-state index in [9.17, 15) is 13.6 Å². The van der Waals surface area contributed by atoms with Crippen molar-refractivity contribution in [2.75, 3.05) is 11.9 Å². The molecule has 0 saturated carbocycles. The molecule has 2 heterocycles. The Kier molecular flexibility index (Phi) is 8.27. The predicted octanol–water partition coefficient (Wildman–Crippen LogP) is 6.27. The third-order valence-corrected chi connectivity index (χ3v) is 6.31. The van der Waals surface area contributed by atoms with Crippen LogP contribution in [-0.4, -0.2) is 33.7 Å². The number of aromatic nitrogens is 2. The van der Waals surface area contributed by atoms with Crippen molar-refractivity contribution in [1.29, 1.82) is 0 Å². The number of hydrogen-bond acceptors (Lipinski definition) is 6. The van der Waals surface area contributed by atoms with Gasteiger partial charge in [-0.15, -0.1) is 0 Å². The quantitative estimate of drug-likeness (QED) is 0.257. The average molecular weight is 563 g/mol. The summed E-state index contributed by atoms with van der Waals surface area (Å²) in [6.45, 7) is 4.13. The Labute approximate surface area is 236 Å². The molecule has 10 heteroatoms. The highest BCUT2D eigenvalue weighted by molar-refractivity contribution is 6.31. The van der Waals surface area contributed by atoms with Crippen molar-refractivity contribution in [3.63, 3.8) is 0 Å². The summed E-state index contributed by atoms with van der Waals surface area (Å²) in [7, 11) is 0. The Hall–Kier alpha value is -4.21. The lowest BCUT2D eigenvalue weighted by Crippen LogP contribution is -2.45. The van der Waals surface area contributed by atoms with E-state index < -0.39 is 17.2 Å². The minimum Gasteiger partial charge on any atom is -0.350 e. The lowest BCUT2D eigenvalue weighted by atomic mass is 9.95. The largest absolute Gasteiger partial charge is 0.350 e. The van der Waals surface area contributed by atoms with Crippen LogP contribution in [0.25, 0.3) is 11.3 Å². The van der Waals surface area contributed by atoms with Crippen LogP contribution >= 0.6 is 11.6 Å². The Morgan fingerprint density at radius 2 is 1.75 bits per heavy atom. The van der Waals surface area contributed by atoms with Gasteiger partial charge in [-0.3, -0.25) is 9.79 Å². The van der Waals surface area contributed by atoms with Crippen LogP contribution in [0.3, 0.4) is 0 Å². The molecule has 1 aromatic heterocycles. The molecule has 3 aromatic carbocycles. The Morgan fingerprint density at radius 3 is 2.42 bits per heavy atom. The van der Waals surface area contributed by atoms with Gasteiger partial charge in [-0.1, -0.05) is 31.2 Å². The van der Waals surface area contributed by atoms with Crippen LogP contribution in [0.15, 0.2) is 71.9 Å². The van der Waals surface area contributed by atoms with Gasteiger partial charge in [-0.2, -0.15) is 0 Å². The molecule has 5 rings (SSSR count). The topological polar surface area (TPSA) is 105 Å². The van der Waals surface area contributed by atoms with Crippen LogP contribution in [0.1, 0.15) is 48.3 Å². The second kappa shape index (κ2) is 11.5. The maximum Gasteiger partial charge on any atom is 0.251 e. The van der Waals surface area contributed by atoms with Crippen molar-refractivity contribution >= 4 is 34.9 Å². The normalized spacial score (nSPS) is 12.3. The SMILES string of the molecule is C.CC(C)(N)CNC(=O)c1ccc(Nc2ncc3c(n2)-c2ccc(Cl)cc2C(c2c(F)cccc2F)=NC3)cc1. The summed E-state index contributed by atoms with van der Waals surface area (Å²) >= 11 is 6.28. The zero-order valence-corrected chi connectivity index (χ0v) is 22.0. The molecule has 0 unspecified atom stereocenters. The van der Waals surface area contributed by atoms with Crippen molar-refractivity contribution < 1.29 is 13.6 Å². The molecular weight excluding hydrogens is 534 g/mol. The smallest absolute Gasteiger partial charge is 0.251 e. The molecule has 1 aliphatic heterocycles. The van der Waals surface area contributed by atoms with Gasteiger partial charge in [0.05, 0.1) is 23.5 Å². The highest BCUT2D eigenvalue weighted by atomic mass is 35.5. The number of fused-ring (bicyclic) bond motifs is 3. The maximum atomic E-state index is 14.7. The zero-order chi connectivity index (χ0) is 27.7. The van der Waals surface area contributed by atoms with Crippen LogP contribution in [0.4, 0.5) is 20.4 Å². The summed E-state index contributed by atoms with van der Waals surface area (Å²) < 4.78 is 29.5. The number of hydrogen-bond donors (Lipinski definition) is 3. The molecule has 4 aromatic rings. The summed E-state index contributed by atoms with van der Waals surface area (Å²) in [5, 5.41) is 6.35. The molecule has 1 aliphatic rings. The highest BCUT2D eigenvalue weighted by Gasteiger charge is 2.25. The Balaban J connectivity index is 0.00000370. The van der Waals surface area contributed by atoms with Gasteiger partial charge in [0.25, 0.3) is 5.91 Å². The predicted molar refractivity (Wildman–Crippen MR) is 155 cm³/mol. The van der Waals surface area contributed by atoms with E-state index in [1.807, 2.05) is 13.8 Å². The molecule has 1 amide bonds. The van der Waals surface area contributed by atoms with Gasteiger partial charge in [-0.05, 0) is 62.4 Å². The molecule has 0 spiro atoms. The summed E-state index contributed by atoms with van der Waals surface area (Å²) in [6.07, 6.45) is 1.63. The minimum atomic E-state index is -0.720. The number of rotatable bonds is 6. The van der Waals surface area contributed by atoms with Crippen molar-refractivity contribution in [2.24, 2.45) is 10.7 Å². The Morgan fingerprint density at radius 1 is 1.05 bits per heavy atom. The van der Waals surface area contributed by atoms with Crippen LogP contribution in [-0.2, 0) is 6.54 Å². The average Bonchev–Trinajstić information content (AvgIpc) is 3.04. The van der Waals surface area contributed by atoms with E-state index in [2.05, 4.69) is 20.6 Å². The molecule has 4 N–H and O–H groups in total. The van der Waals surface area contributed by atoms with E-state index in [0.717, 1.165) is 0 Å². The molecule has 0 bridgehead atoms. The molecule has 7 nitrogen and oxygen atoms in total. The third-order valence-electron chi connectivity index (χ3n) is 6.07. The molecule has 206 valence electrons. The van der Waals surface area contributed by atoms with Crippen LogP contribution < -0.4 is 16.4 Å². The number of nitrogens with zero attached hydrogens (tertiary/aromatic N) is 3. The van der Waals surface area contributed by atoms with Gasteiger partial charge in [0.2, 0.25) is 5.95 Å². The fourth-order valence-electron chi connectivity index (χ4n) is 4.17. The van der Waals surface area contributed by atoms with E-state index in [1.54, 1.807) is 48.7 Å². The van der Waals surface area contributed by atoms with Gasteiger partial charge in [0.15, 0.2) is 0 Å². The first kappa shape index (κ1) is 28.8. The number of aliphatic imine (C=N–C) groups is 1. The van der Waals surface area contributed by atoms with E-state index in [0.29, 0.717) is 51.2 Å². The number of amides is 1. The Bertz CT molecular complexity index is 1580. The molecule has 40 heavy (non-hydrogen) atoms. The zero-order valence-electron chi connectivity index (χ0n) is 21.2. The van der Waals surface area contributed by atoms with Gasteiger partial charge in [-0.25, -0.2) is 18.7 Å². The van der Waals surface area contributed by atoms with E-state index in [1.165, 1.54) is 18.2 Å². The lowest BCUT2D eigenvalue weighted by molar-refractivity contribution is 0.0946. The number of nitrogens with two attached hydrogens (primary N) is 1. The molecule has 0 saturated heterocycles. The number of carbonyl (C=O) groups excluding carboxylic acids is 1. The van der Waals surface area contributed by atoms with Crippen LogP contribution in [0.5, 0.6) is 0 Å². The molecule has 0 fully saturated rings.